The van der Waals surface area contributed by atoms with E-state index in [0.717, 1.165) is 0 Å². The van der Waals surface area contributed by atoms with Gasteiger partial charge in [-0.3, -0.25) is 9.59 Å². The average Bonchev–Trinajstić information content (AvgIpc) is 2.17. The Morgan fingerprint density at radius 3 is 2.92 bits per heavy atom. The van der Waals surface area contributed by atoms with Crippen molar-refractivity contribution in [3.8, 4) is 0 Å². The maximum absolute atomic E-state index is 11.1. The van der Waals surface area contributed by atoms with E-state index in [1.807, 2.05) is 0 Å². The number of Topliss-reactive ketones (excluding diaryl/α,β-unsaturated/α-hetero) is 1. The van der Waals surface area contributed by atoms with Crippen molar-refractivity contribution in [2.45, 2.75) is 13.3 Å². The van der Waals surface area contributed by atoms with Crippen molar-refractivity contribution in [3.05, 3.63) is 29.6 Å². The van der Waals surface area contributed by atoms with Gasteiger partial charge in [-0.15, -0.1) is 0 Å². The zero-order chi connectivity index (χ0) is 8.97. The summed E-state index contributed by atoms with van der Waals surface area (Å²) in [6, 6.07) is 4.83. The van der Waals surface area contributed by atoms with E-state index in [0.29, 0.717) is 24.1 Å². The Labute approximate surface area is 70.4 Å². The topological polar surface area (TPSA) is 47.0 Å². The van der Waals surface area contributed by atoms with Gasteiger partial charge in [0.25, 0.3) is 0 Å². The number of hydrogen-bond donors (Lipinski definition) is 0. The summed E-state index contributed by atoms with van der Waals surface area (Å²) in [6.45, 7) is 1.76. The van der Waals surface area contributed by atoms with Crippen LogP contribution in [0, 0.1) is 0 Å². The highest BCUT2D eigenvalue weighted by Crippen LogP contribution is 2.00. The van der Waals surface area contributed by atoms with Crippen molar-refractivity contribution in [2.24, 2.45) is 0 Å². The molecule has 0 atom stereocenters. The highest BCUT2D eigenvalue weighted by molar-refractivity contribution is 5.94. The third kappa shape index (κ3) is 1.75. The van der Waals surface area contributed by atoms with Gasteiger partial charge in [-0.2, -0.15) is 0 Å². The third-order valence-electron chi connectivity index (χ3n) is 1.50. The minimum absolute atomic E-state index is 0.0429. The number of aromatic nitrogens is 1. The van der Waals surface area contributed by atoms with Crippen LogP contribution in [0.25, 0.3) is 0 Å². The van der Waals surface area contributed by atoms with Crippen LogP contribution < -0.4 is 0 Å². The zero-order valence-corrected chi connectivity index (χ0v) is 6.78. The molecular formula is C9H9NO2. The van der Waals surface area contributed by atoms with Crippen LogP contribution in [0.3, 0.4) is 0 Å². The van der Waals surface area contributed by atoms with Gasteiger partial charge in [-0.1, -0.05) is 13.0 Å². The second-order valence-corrected chi connectivity index (χ2v) is 2.34. The van der Waals surface area contributed by atoms with Crippen molar-refractivity contribution in [1.29, 1.82) is 0 Å². The first-order chi connectivity index (χ1) is 5.77. The Morgan fingerprint density at radius 2 is 2.33 bits per heavy atom. The maximum atomic E-state index is 11.1. The van der Waals surface area contributed by atoms with Crippen molar-refractivity contribution >= 4 is 12.1 Å². The minimum Gasteiger partial charge on any atom is -0.296 e. The Balaban J connectivity index is 3.01. The highest BCUT2D eigenvalue weighted by atomic mass is 16.1. The van der Waals surface area contributed by atoms with Gasteiger partial charge < -0.3 is 0 Å². The number of carbonyl (C=O) groups is 2. The van der Waals surface area contributed by atoms with Gasteiger partial charge in [0.2, 0.25) is 0 Å². The van der Waals surface area contributed by atoms with Crippen LogP contribution in [0.5, 0.6) is 0 Å². The first-order valence-electron chi connectivity index (χ1n) is 3.73. The van der Waals surface area contributed by atoms with Crippen molar-refractivity contribution < 1.29 is 9.59 Å². The number of pyridine rings is 1. The molecule has 0 amide bonds. The molecule has 62 valence electrons. The van der Waals surface area contributed by atoms with Crippen LogP contribution in [-0.2, 0) is 0 Å². The molecule has 1 heterocycles. The molecule has 0 fully saturated rings. The Hall–Kier alpha value is -1.51. The van der Waals surface area contributed by atoms with Crippen LogP contribution in [0.15, 0.2) is 18.2 Å². The van der Waals surface area contributed by atoms with Gasteiger partial charge in [0, 0.05) is 6.42 Å². The van der Waals surface area contributed by atoms with E-state index in [-0.39, 0.29) is 5.78 Å². The molecule has 0 spiro atoms. The molecule has 3 nitrogen and oxygen atoms in total. The van der Waals surface area contributed by atoms with Crippen LogP contribution >= 0.6 is 0 Å². The quantitative estimate of drug-likeness (QED) is 0.501. The zero-order valence-electron chi connectivity index (χ0n) is 6.78. The molecule has 0 aliphatic rings. The summed E-state index contributed by atoms with van der Waals surface area (Å²) in [4.78, 5) is 25.2. The molecule has 12 heavy (non-hydrogen) atoms. The monoisotopic (exact) mass is 163 g/mol. The smallest absolute Gasteiger partial charge is 0.180 e. The van der Waals surface area contributed by atoms with Gasteiger partial charge in [-0.05, 0) is 12.1 Å². The van der Waals surface area contributed by atoms with Gasteiger partial charge in [0.15, 0.2) is 12.1 Å². The molecular weight excluding hydrogens is 154 g/mol. The van der Waals surface area contributed by atoms with Gasteiger partial charge in [-0.25, -0.2) is 4.98 Å². The van der Waals surface area contributed by atoms with Crippen molar-refractivity contribution in [3.63, 3.8) is 0 Å². The summed E-state index contributed by atoms with van der Waals surface area (Å²) in [5.41, 5.74) is 0.663. The molecule has 0 radical (unpaired) electrons. The molecule has 0 unspecified atom stereocenters. The average molecular weight is 163 g/mol. The van der Waals surface area contributed by atoms with Crippen LogP contribution in [-0.4, -0.2) is 17.1 Å². The summed E-state index contributed by atoms with van der Waals surface area (Å²) in [5, 5.41) is 0. The molecule has 0 aliphatic carbocycles. The standard InChI is InChI=1S/C9H9NO2/c1-2-9(12)8-5-3-4-7(6-11)10-8/h3-6H,2H2,1H3. The van der Waals surface area contributed by atoms with E-state index in [1.54, 1.807) is 25.1 Å². The van der Waals surface area contributed by atoms with Crippen molar-refractivity contribution in [2.75, 3.05) is 0 Å². The molecule has 1 rings (SSSR count). The second kappa shape index (κ2) is 3.76. The van der Waals surface area contributed by atoms with E-state index in [4.69, 9.17) is 0 Å². The SMILES string of the molecule is CCC(=O)c1cccc(C=O)n1. The van der Waals surface area contributed by atoms with Gasteiger partial charge in [0.05, 0.1) is 0 Å². The van der Waals surface area contributed by atoms with Gasteiger partial charge in [0.1, 0.15) is 11.4 Å². The number of aldehydes is 1. The molecule has 0 N–H and O–H groups in total. The van der Waals surface area contributed by atoms with Crippen LogP contribution in [0.1, 0.15) is 34.3 Å². The number of ketones is 1. The van der Waals surface area contributed by atoms with E-state index >= 15 is 0 Å². The second-order valence-electron chi connectivity index (χ2n) is 2.34. The predicted octanol–water partition coefficient (Wildman–Crippen LogP) is 1.49. The first-order valence-corrected chi connectivity index (χ1v) is 3.73. The van der Waals surface area contributed by atoms with Crippen LogP contribution in [0.2, 0.25) is 0 Å². The molecule has 0 bridgehead atoms. The van der Waals surface area contributed by atoms with Crippen molar-refractivity contribution in [1.82, 2.24) is 4.98 Å². The maximum Gasteiger partial charge on any atom is 0.180 e. The summed E-state index contributed by atoms with van der Waals surface area (Å²) in [7, 11) is 0. The molecule has 0 aliphatic heterocycles. The highest BCUT2D eigenvalue weighted by Gasteiger charge is 2.03. The molecule has 0 aromatic carbocycles. The Bertz CT molecular complexity index is 307. The van der Waals surface area contributed by atoms with E-state index in [9.17, 15) is 9.59 Å². The van der Waals surface area contributed by atoms with Crippen LogP contribution in [0.4, 0.5) is 0 Å². The van der Waals surface area contributed by atoms with E-state index in [2.05, 4.69) is 4.98 Å². The summed E-state index contributed by atoms with van der Waals surface area (Å²) in [6.07, 6.45) is 1.04. The molecule has 3 heteroatoms. The Kier molecular flexibility index (Phi) is 2.69. The fraction of sp³-hybridized carbons (Fsp3) is 0.222. The largest absolute Gasteiger partial charge is 0.296 e. The number of hydrogen-bond acceptors (Lipinski definition) is 3. The lowest BCUT2D eigenvalue weighted by molar-refractivity contribution is 0.0983. The minimum atomic E-state index is -0.0429. The number of nitrogens with zero attached hydrogens (tertiary/aromatic N) is 1. The van der Waals surface area contributed by atoms with E-state index < -0.39 is 0 Å². The third-order valence-corrected chi connectivity index (χ3v) is 1.50. The number of rotatable bonds is 3. The lowest BCUT2D eigenvalue weighted by Crippen LogP contribution is -2.01. The normalized spacial score (nSPS) is 9.42. The lowest BCUT2D eigenvalue weighted by atomic mass is 10.2. The fourth-order valence-electron chi connectivity index (χ4n) is 0.854. The fourth-order valence-corrected chi connectivity index (χ4v) is 0.854. The molecule has 0 saturated carbocycles. The first kappa shape index (κ1) is 8.59. The molecule has 0 saturated heterocycles. The molecule has 1 aromatic heterocycles. The Morgan fingerprint density at radius 1 is 1.58 bits per heavy atom. The predicted molar refractivity (Wildman–Crippen MR) is 44.2 cm³/mol. The molecule has 1 aromatic rings. The summed E-state index contributed by atoms with van der Waals surface area (Å²) >= 11 is 0. The number of carbonyl (C=O) groups excluding carboxylic acids is 2. The van der Waals surface area contributed by atoms with E-state index in [1.165, 1.54) is 0 Å². The lowest BCUT2D eigenvalue weighted by Gasteiger charge is -1.96. The summed E-state index contributed by atoms with van der Waals surface area (Å²) in [5.74, 6) is -0.0429. The summed E-state index contributed by atoms with van der Waals surface area (Å²) < 4.78 is 0. The van der Waals surface area contributed by atoms with Gasteiger partial charge >= 0.3 is 0 Å².